The van der Waals surface area contributed by atoms with Crippen molar-refractivity contribution in [3.63, 3.8) is 0 Å². The lowest BCUT2D eigenvalue weighted by Crippen LogP contribution is -2.39. The zero-order valence-corrected chi connectivity index (χ0v) is 10.9. The fourth-order valence-electron chi connectivity index (χ4n) is 1.73. The predicted molar refractivity (Wildman–Crippen MR) is 60.8 cm³/mol. The number of hydrogen-bond acceptors (Lipinski definition) is 1. The van der Waals surface area contributed by atoms with E-state index in [-0.39, 0.29) is 17.3 Å². The molecule has 1 N–H and O–H groups in total. The third kappa shape index (κ3) is 2.82. The first-order valence-electron chi connectivity index (χ1n) is 5.27. The van der Waals surface area contributed by atoms with Crippen molar-refractivity contribution in [2.45, 2.75) is 30.7 Å². The van der Waals surface area contributed by atoms with Gasteiger partial charge in [0.15, 0.2) is 0 Å². The molecule has 0 bridgehead atoms. The highest BCUT2D eigenvalue weighted by atomic mass is 79.9. The van der Waals surface area contributed by atoms with Crippen molar-refractivity contribution in [1.82, 2.24) is 0 Å². The summed E-state index contributed by atoms with van der Waals surface area (Å²) < 4.78 is 76.8. The SMILES string of the molecule is FC(F)(F)c1ccc(Br)cc1NC1(C(F)(F)F)CC1. The lowest BCUT2D eigenvalue weighted by molar-refractivity contribution is -0.152. The largest absolute Gasteiger partial charge is 0.418 e. The van der Waals surface area contributed by atoms with Crippen LogP contribution in [0.3, 0.4) is 0 Å². The molecule has 106 valence electrons. The van der Waals surface area contributed by atoms with Crippen molar-refractivity contribution in [3.05, 3.63) is 28.2 Å². The Balaban J connectivity index is 2.38. The van der Waals surface area contributed by atoms with Gasteiger partial charge in [0.2, 0.25) is 0 Å². The maximum Gasteiger partial charge on any atom is 0.418 e. The predicted octanol–water partition coefficient (Wildman–Crippen LogP) is 4.97. The molecule has 0 spiro atoms. The molecular weight excluding hydrogens is 340 g/mol. The van der Waals surface area contributed by atoms with Gasteiger partial charge < -0.3 is 5.32 Å². The highest BCUT2D eigenvalue weighted by molar-refractivity contribution is 9.10. The van der Waals surface area contributed by atoms with Crippen LogP contribution in [0.2, 0.25) is 0 Å². The van der Waals surface area contributed by atoms with Crippen molar-refractivity contribution in [1.29, 1.82) is 0 Å². The number of nitrogens with one attached hydrogen (secondary N) is 1. The molecule has 1 nitrogen and oxygen atoms in total. The van der Waals surface area contributed by atoms with Crippen molar-refractivity contribution < 1.29 is 26.3 Å². The molecule has 8 heteroatoms. The van der Waals surface area contributed by atoms with E-state index in [0.717, 1.165) is 18.2 Å². The first kappa shape index (κ1) is 14.5. The van der Waals surface area contributed by atoms with Crippen LogP contribution >= 0.6 is 15.9 Å². The van der Waals surface area contributed by atoms with E-state index in [2.05, 4.69) is 15.9 Å². The molecule has 0 amide bonds. The number of halogens is 7. The summed E-state index contributed by atoms with van der Waals surface area (Å²) in [6.07, 6.45) is -9.72. The van der Waals surface area contributed by atoms with Gasteiger partial charge in [-0.2, -0.15) is 26.3 Å². The molecule has 1 aliphatic carbocycles. The van der Waals surface area contributed by atoms with E-state index in [9.17, 15) is 26.3 Å². The van der Waals surface area contributed by atoms with E-state index in [0.29, 0.717) is 0 Å². The van der Waals surface area contributed by atoms with Gasteiger partial charge in [0, 0.05) is 10.2 Å². The summed E-state index contributed by atoms with van der Waals surface area (Å²) in [5.41, 5.74) is -3.89. The molecule has 1 aromatic rings. The van der Waals surface area contributed by atoms with Gasteiger partial charge in [-0.15, -0.1) is 0 Å². The van der Waals surface area contributed by atoms with Gasteiger partial charge in [-0.1, -0.05) is 15.9 Å². The van der Waals surface area contributed by atoms with Gasteiger partial charge in [0.25, 0.3) is 0 Å². The van der Waals surface area contributed by atoms with E-state index >= 15 is 0 Å². The van der Waals surface area contributed by atoms with Crippen LogP contribution in [0.4, 0.5) is 32.0 Å². The standard InChI is InChI=1S/C11H8BrF6N/c12-6-1-2-7(10(13,14)15)8(5-6)19-9(3-4-9)11(16,17)18/h1-2,5,19H,3-4H2. The Bertz CT molecular complexity index is 489. The first-order chi connectivity index (χ1) is 8.55. The second kappa shape index (κ2) is 4.29. The summed E-state index contributed by atoms with van der Waals surface area (Å²) in [6.45, 7) is 0. The molecule has 19 heavy (non-hydrogen) atoms. The fourth-order valence-corrected chi connectivity index (χ4v) is 2.09. The van der Waals surface area contributed by atoms with E-state index < -0.39 is 29.1 Å². The van der Waals surface area contributed by atoms with Crippen LogP contribution in [0.5, 0.6) is 0 Å². The van der Waals surface area contributed by atoms with E-state index in [1.807, 2.05) is 5.32 Å². The molecule has 1 aliphatic rings. The molecule has 0 atom stereocenters. The van der Waals surface area contributed by atoms with Gasteiger partial charge >= 0.3 is 12.4 Å². The van der Waals surface area contributed by atoms with Crippen molar-refractivity contribution >= 4 is 21.6 Å². The number of anilines is 1. The Hall–Kier alpha value is -0.920. The normalized spacial score (nSPS) is 18.3. The van der Waals surface area contributed by atoms with E-state index in [1.54, 1.807) is 0 Å². The molecule has 1 fully saturated rings. The van der Waals surface area contributed by atoms with Crippen LogP contribution in [0, 0.1) is 0 Å². The molecule has 0 aliphatic heterocycles. The quantitative estimate of drug-likeness (QED) is 0.744. The maximum absolute atomic E-state index is 12.8. The third-order valence-electron chi connectivity index (χ3n) is 2.95. The minimum absolute atomic E-state index is 0.222. The zero-order valence-electron chi connectivity index (χ0n) is 9.29. The molecule has 0 radical (unpaired) electrons. The highest BCUT2D eigenvalue weighted by Gasteiger charge is 2.63. The molecule has 1 saturated carbocycles. The second-order valence-corrected chi connectivity index (χ2v) is 5.31. The topological polar surface area (TPSA) is 12.0 Å². The summed E-state index contributed by atoms with van der Waals surface area (Å²) >= 11 is 2.95. The van der Waals surface area contributed by atoms with Gasteiger partial charge in [-0.3, -0.25) is 0 Å². The molecule has 1 aromatic carbocycles. The van der Waals surface area contributed by atoms with Gasteiger partial charge in [-0.05, 0) is 31.0 Å². The average Bonchev–Trinajstić information content (AvgIpc) is 2.95. The Morgan fingerprint density at radius 3 is 2.05 bits per heavy atom. The Kier molecular flexibility index (Phi) is 3.27. The first-order valence-corrected chi connectivity index (χ1v) is 6.06. The van der Waals surface area contributed by atoms with Crippen LogP contribution in [0.1, 0.15) is 18.4 Å². The molecule has 2 rings (SSSR count). The van der Waals surface area contributed by atoms with E-state index in [4.69, 9.17) is 0 Å². The minimum atomic E-state index is -4.70. The third-order valence-corrected chi connectivity index (χ3v) is 3.45. The number of hydrogen-bond donors (Lipinski definition) is 1. The lowest BCUT2D eigenvalue weighted by Gasteiger charge is -2.24. The average molecular weight is 348 g/mol. The summed E-state index contributed by atoms with van der Waals surface area (Å²) in [4.78, 5) is 0. The second-order valence-electron chi connectivity index (χ2n) is 4.39. The Labute approximate surface area is 113 Å². The van der Waals surface area contributed by atoms with Crippen molar-refractivity contribution in [2.75, 3.05) is 5.32 Å². The smallest absolute Gasteiger partial charge is 0.371 e. The Morgan fingerprint density at radius 1 is 1.05 bits per heavy atom. The summed E-state index contributed by atoms with van der Waals surface area (Å²) in [5, 5.41) is 2.01. The van der Waals surface area contributed by atoms with Crippen LogP contribution < -0.4 is 5.32 Å². The summed E-state index contributed by atoms with van der Waals surface area (Å²) in [7, 11) is 0. The fraction of sp³-hybridized carbons (Fsp3) is 0.455. The lowest BCUT2D eigenvalue weighted by atomic mass is 10.1. The molecule has 0 saturated heterocycles. The van der Waals surface area contributed by atoms with Crippen LogP contribution in [-0.2, 0) is 6.18 Å². The van der Waals surface area contributed by atoms with Crippen molar-refractivity contribution in [3.8, 4) is 0 Å². The molecule has 0 aromatic heterocycles. The molecular formula is C11H8BrF6N. The minimum Gasteiger partial charge on any atom is -0.371 e. The number of rotatable bonds is 2. The van der Waals surface area contributed by atoms with Crippen LogP contribution in [0.15, 0.2) is 22.7 Å². The summed E-state index contributed by atoms with van der Waals surface area (Å²) in [5.74, 6) is 0. The number of benzene rings is 1. The molecule has 0 unspecified atom stereocenters. The number of alkyl halides is 6. The van der Waals surface area contributed by atoms with Gasteiger partial charge in [0.05, 0.1) is 5.56 Å². The van der Waals surface area contributed by atoms with Crippen LogP contribution in [-0.4, -0.2) is 11.7 Å². The monoisotopic (exact) mass is 347 g/mol. The highest BCUT2D eigenvalue weighted by Crippen LogP contribution is 2.52. The Morgan fingerprint density at radius 2 is 1.63 bits per heavy atom. The van der Waals surface area contributed by atoms with Gasteiger partial charge in [-0.25, -0.2) is 0 Å². The van der Waals surface area contributed by atoms with E-state index in [1.165, 1.54) is 0 Å². The van der Waals surface area contributed by atoms with Gasteiger partial charge in [0.1, 0.15) is 5.54 Å². The van der Waals surface area contributed by atoms with Crippen LogP contribution in [0.25, 0.3) is 0 Å². The molecule has 0 heterocycles. The maximum atomic E-state index is 12.8. The van der Waals surface area contributed by atoms with Crippen molar-refractivity contribution in [2.24, 2.45) is 0 Å². The zero-order chi connectivity index (χ0) is 14.5. The summed E-state index contributed by atoms with van der Waals surface area (Å²) in [6, 6.07) is 2.90.